The number of aromatic carboxylic acids is 1. The number of rotatable bonds is 1. The smallest absolute Gasteiger partial charge is 0.335 e. The maximum atomic E-state index is 10.7. The zero-order chi connectivity index (χ0) is 9.97. The Labute approximate surface area is 81.4 Å². The summed E-state index contributed by atoms with van der Waals surface area (Å²) in [5.41, 5.74) is 1.96. The number of nitrogens with zero attached hydrogens (tertiary/aromatic N) is 1. The van der Waals surface area contributed by atoms with Crippen molar-refractivity contribution in [2.75, 3.05) is 0 Å². The van der Waals surface area contributed by atoms with Crippen LogP contribution in [0.4, 0.5) is 5.69 Å². The van der Waals surface area contributed by atoms with Gasteiger partial charge in [0.15, 0.2) is 0 Å². The predicted octanol–water partition coefficient (Wildman–Crippen LogP) is 2.50. The molecule has 0 saturated carbocycles. The van der Waals surface area contributed by atoms with Crippen LogP contribution in [0.25, 0.3) is 6.08 Å². The van der Waals surface area contributed by atoms with Crippen molar-refractivity contribution in [3.63, 3.8) is 0 Å². The molecular weight excluding hydrogens is 178 g/mol. The third-order valence-electron chi connectivity index (χ3n) is 2.05. The summed E-state index contributed by atoms with van der Waals surface area (Å²) in [6, 6.07) is 4.95. The van der Waals surface area contributed by atoms with Gasteiger partial charge in [0.25, 0.3) is 0 Å². The molecule has 0 spiro atoms. The minimum absolute atomic E-state index is 0.274. The van der Waals surface area contributed by atoms with Crippen LogP contribution in [0.15, 0.2) is 29.3 Å². The second-order valence-electron chi connectivity index (χ2n) is 3.03. The number of carbonyl (C=O) groups is 1. The van der Waals surface area contributed by atoms with Crippen LogP contribution in [0.3, 0.4) is 0 Å². The summed E-state index contributed by atoms with van der Waals surface area (Å²) in [5.74, 6) is -0.920. The molecule has 0 radical (unpaired) electrons. The fourth-order valence-electron chi connectivity index (χ4n) is 1.34. The number of carboxylic acid groups (broad SMARTS) is 1. The van der Waals surface area contributed by atoms with Crippen LogP contribution in [0, 0.1) is 0 Å². The van der Waals surface area contributed by atoms with Gasteiger partial charge < -0.3 is 5.11 Å². The van der Waals surface area contributed by atoms with Crippen molar-refractivity contribution in [1.82, 2.24) is 0 Å². The Bertz CT molecular complexity index is 433. The van der Waals surface area contributed by atoms with Gasteiger partial charge in [0.2, 0.25) is 0 Å². The van der Waals surface area contributed by atoms with Crippen LogP contribution < -0.4 is 0 Å². The lowest BCUT2D eigenvalue weighted by Gasteiger charge is -2.00. The Balaban J connectivity index is 2.53. The molecule has 1 aromatic rings. The summed E-state index contributed by atoms with van der Waals surface area (Å²) < 4.78 is 0. The Hall–Kier alpha value is -1.90. The molecule has 1 aromatic carbocycles. The average molecular weight is 187 g/mol. The summed E-state index contributed by atoms with van der Waals surface area (Å²) in [6.07, 6.45) is 6.51. The predicted molar refractivity (Wildman–Crippen MR) is 55.2 cm³/mol. The SMILES string of the molecule is O=C(O)c1ccc2c(c1)N=CCC=C2. The van der Waals surface area contributed by atoms with Gasteiger partial charge in [-0.05, 0) is 17.7 Å². The number of allylic oxidation sites excluding steroid dienone is 1. The molecule has 1 aliphatic rings. The van der Waals surface area contributed by atoms with Gasteiger partial charge in [-0.3, -0.25) is 4.99 Å². The van der Waals surface area contributed by atoms with Gasteiger partial charge in [-0.15, -0.1) is 0 Å². The molecule has 0 bridgehead atoms. The topological polar surface area (TPSA) is 49.7 Å². The number of aliphatic imine (C=N–C) groups is 1. The summed E-state index contributed by atoms with van der Waals surface area (Å²) in [6.45, 7) is 0. The zero-order valence-corrected chi connectivity index (χ0v) is 7.47. The van der Waals surface area contributed by atoms with Crippen LogP contribution in [0.1, 0.15) is 22.3 Å². The van der Waals surface area contributed by atoms with Gasteiger partial charge in [0, 0.05) is 12.6 Å². The first kappa shape index (κ1) is 8.69. The largest absolute Gasteiger partial charge is 0.478 e. The molecule has 0 aliphatic carbocycles. The lowest BCUT2D eigenvalue weighted by molar-refractivity contribution is 0.0697. The van der Waals surface area contributed by atoms with Gasteiger partial charge in [0.1, 0.15) is 0 Å². The highest BCUT2D eigenvalue weighted by Crippen LogP contribution is 2.24. The van der Waals surface area contributed by atoms with Crippen molar-refractivity contribution in [3.05, 3.63) is 35.4 Å². The second kappa shape index (κ2) is 3.46. The molecule has 0 atom stereocenters. The van der Waals surface area contributed by atoms with E-state index in [1.54, 1.807) is 24.4 Å². The minimum atomic E-state index is -0.920. The highest BCUT2D eigenvalue weighted by Gasteiger charge is 2.06. The van der Waals surface area contributed by atoms with E-state index >= 15 is 0 Å². The molecule has 1 heterocycles. The maximum absolute atomic E-state index is 10.7. The highest BCUT2D eigenvalue weighted by atomic mass is 16.4. The quantitative estimate of drug-likeness (QED) is 0.734. The van der Waals surface area contributed by atoms with Gasteiger partial charge in [0.05, 0.1) is 11.3 Å². The second-order valence-corrected chi connectivity index (χ2v) is 3.03. The summed E-state index contributed by atoms with van der Waals surface area (Å²) in [4.78, 5) is 14.9. The van der Waals surface area contributed by atoms with E-state index in [1.165, 1.54) is 0 Å². The number of hydrogen-bond acceptors (Lipinski definition) is 2. The first-order chi connectivity index (χ1) is 6.77. The van der Waals surface area contributed by atoms with E-state index in [4.69, 9.17) is 5.11 Å². The van der Waals surface area contributed by atoms with Crippen LogP contribution in [0.5, 0.6) is 0 Å². The molecule has 0 unspecified atom stereocenters. The van der Waals surface area contributed by atoms with Crippen molar-refractivity contribution >= 4 is 23.9 Å². The summed E-state index contributed by atoms with van der Waals surface area (Å²) >= 11 is 0. The summed E-state index contributed by atoms with van der Waals surface area (Å²) in [5, 5.41) is 8.79. The maximum Gasteiger partial charge on any atom is 0.335 e. The van der Waals surface area contributed by atoms with Gasteiger partial charge in [-0.2, -0.15) is 0 Å². The molecule has 1 N–H and O–H groups in total. The standard InChI is InChI=1S/C11H9NO2/c13-11(14)9-5-4-8-3-1-2-6-12-10(8)7-9/h1,3-7H,2H2,(H,13,14). The first-order valence-corrected chi connectivity index (χ1v) is 4.34. The number of fused-ring (bicyclic) bond motifs is 1. The highest BCUT2D eigenvalue weighted by molar-refractivity contribution is 5.90. The average Bonchev–Trinajstić information content (AvgIpc) is 2.41. The lowest BCUT2D eigenvalue weighted by atomic mass is 10.1. The number of carboxylic acids is 1. The normalized spacial score (nSPS) is 13.4. The Kier molecular flexibility index (Phi) is 2.14. The monoisotopic (exact) mass is 187 g/mol. The molecule has 0 aromatic heterocycles. The van der Waals surface area contributed by atoms with E-state index in [0.29, 0.717) is 0 Å². The third-order valence-corrected chi connectivity index (χ3v) is 2.05. The number of benzene rings is 1. The first-order valence-electron chi connectivity index (χ1n) is 4.34. The zero-order valence-electron chi connectivity index (χ0n) is 7.47. The molecule has 0 amide bonds. The van der Waals surface area contributed by atoms with Crippen LogP contribution in [-0.4, -0.2) is 17.3 Å². The molecular formula is C11H9NO2. The van der Waals surface area contributed by atoms with Crippen LogP contribution in [-0.2, 0) is 0 Å². The van der Waals surface area contributed by atoms with E-state index in [2.05, 4.69) is 4.99 Å². The lowest BCUT2D eigenvalue weighted by Crippen LogP contribution is -1.95. The van der Waals surface area contributed by atoms with Crippen molar-refractivity contribution in [2.24, 2.45) is 4.99 Å². The fourth-order valence-corrected chi connectivity index (χ4v) is 1.34. The molecule has 70 valence electrons. The van der Waals surface area contributed by atoms with Crippen molar-refractivity contribution in [3.8, 4) is 0 Å². The third kappa shape index (κ3) is 1.57. The number of hydrogen-bond donors (Lipinski definition) is 1. The molecule has 14 heavy (non-hydrogen) atoms. The van der Waals surface area contributed by atoms with Crippen molar-refractivity contribution < 1.29 is 9.90 Å². The molecule has 0 saturated heterocycles. The van der Waals surface area contributed by atoms with E-state index in [9.17, 15) is 4.79 Å². The Morgan fingerprint density at radius 2 is 2.29 bits per heavy atom. The Morgan fingerprint density at radius 3 is 3.07 bits per heavy atom. The van der Waals surface area contributed by atoms with Crippen LogP contribution >= 0.6 is 0 Å². The van der Waals surface area contributed by atoms with E-state index < -0.39 is 5.97 Å². The molecule has 0 fully saturated rings. The van der Waals surface area contributed by atoms with E-state index in [1.807, 2.05) is 12.2 Å². The molecule has 3 heteroatoms. The van der Waals surface area contributed by atoms with Crippen LogP contribution in [0.2, 0.25) is 0 Å². The summed E-state index contributed by atoms with van der Waals surface area (Å²) in [7, 11) is 0. The molecule has 3 nitrogen and oxygen atoms in total. The van der Waals surface area contributed by atoms with Gasteiger partial charge in [-0.25, -0.2) is 4.79 Å². The Morgan fingerprint density at radius 1 is 1.43 bits per heavy atom. The molecule has 1 aliphatic heterocycles. The van der Waals surface area contributed by atoms with Crippen molar-refractivity contribution in [1.29, 1.82) is 0 Å². The van der Waals surface area contributed by atoms with E-state index in [0.717, 1.165) is 17.7 Å². The van der Waals surface area contributed by atoms with Gasteiger partial charge in [-0.1, -0.05) is 18.2 Å². The van der Waals surface area contributed by atoms with E-state index in [-0.39, 0.29) is 5.56 Å². The fraction of sp³-hybridized carbons (Fsp3) is 0.0909. The minimum Gasteiger partial charge on any atom is -0.478 e. The van der Waals surface area contributed by atoms with Crippen molar-refractivity contribution in [2.45, 2.75) is 6.42 Å². The van der Waals surface area contributed by atoms with Gasteiger partial charge >= 0.3 is 5.97 Å². The molecule has 2 rings (SSSR count).